The summed E-state index contributed by atoms with van der Waals surface area (Å²) >= 11 is 0. The van der Waals surface area contributed by atoms with Gasteiger partial charge in [0.1, 0.15) is 0 Å². The number of nitrogens with zero attached hydrogens (tertiary/aromatic N) is 1. The maximum absolute atomic E-state index is 12.2. The maximum atomic E-state index is 12.2. The van der Waals surface area contributed by atoms with Crippen LogP contribution in [-0.4, -0.2) is 34.3 Å². The van der Waals surface area contributed by atoms with E-state index < -0.39 is 11.9 Å². The Morgan fingerprint density at radius 2 is 1.85 bits per heavy atom. The fourth-order valence-corrected chi connectivity index (χ4v) is 2.28. The number of carboxylic acids is 1. The van der Waals surface area contributed by atoms with Crippen LogP contribution in [0.1, 0.15) is 57.8 Å². The van der Waals surface area contributed by atoms with E-state index in [2.05, 4.69) is 13.8 Å². The van der Waals surface area contributed by atoms with E-state index in [9.17, 15) is 14.4 Å². The molecule has 5 heteroatoms. The highest BCUT2D eigenvalue weighted by Crippen LogP contribution is 2.24. The van der Waals surface area contributed by atoms with Gasteiger partial charge in [0.2, 0.25) is 0 Å². The van der Waals surface area contributed by atoms with Gasteiger partial charge in [0, 0.05) is 6.54 Å². The fraction of sp³-hybridized carbons (Fsp3) is 0.400. The number of hydrogen-bond donors (Lipinski definition) is 1. The number of hydrogen-bond acceptors (Lipinski definition) is 3. The number of carbonyl (C=O) groups excluding carboxylic acids is 2. The number of benzene rings is 1. The van der Waals surface area contributed by atoms with Crippen molar-refractivity contribution in [2.24, 2.45) is 5.92 Å². The van der Waals surface area contributed by atoms with E-state index in [4.69, 9.17) is 5.11 Å². The Morgan fingerprint density at radius 1 is 1.20 bits per heavy atom. The second kappa shape index (κ2) is 5.45. The molecule has 0 spiro atoms. The van der Waals surface area contributed by atoms with Gasteiger partial charge in [0.05, 0.1) is 16.7 Å². The summed E-state index contributed by atoms with van der Waals surface area (Å²) in [4.78, 5) is 36.4. The summed E-state index contributed by atoms with van der Waals surface area (Å²) in [7, 11) is 0. The molecule has 20 heavy (non-hydrogen) atoms. The molecule has 1 aliphatic rings. The molecule has 0 saturated heterocycles. The van der Waals surface area contributed by atoms with E-state index in [1.165, 1.54) is 23.1 Å². The minimum absolute atomic E-state index is 0.0222. The van der Waals surface area contributed by atoms with Crippen molar-refractivity contribution in [2.45, 2.75) is 26.7 Å². The zero-order valence-corrected chi connectivity index (χ0v) is 11.5. The van der Waals surface area contributed by atoms with Crippen molar-refractivity contribution in [1.29, 1.82) is 0 Å². The van der Waals surface area contributed by atoms with E-state index >= 15 is 0 Å². The molecule has 1 aromatic rings. The van der Waals surface area contributed by atoms with Crippen LogP contribution >= 0.6 is 0 Å². The molecular weight excluding hydrogens is 258 g/mol. The molecule has 0 bridgehead atoms. The summed E-state index contributed by atoms with van der Waals surface area (Å²) in [5.74, 6) is -1.31. The quantitative estimate of drug-likeness (QED) is 0.837. The lowest BCUT2D eigenvalue weighted by molar-refractivity contribution is 0.0648. The minimum atomic E-state index is -1.11. The predicted octanol–water partition coefficient (Wildman–Crippen LogP) is 2.42. The molecule has 0 aliphatic carbocycles. The van der Waals surface area contributed by atoms with E-state index in [1.54, 1.807) is 0 Å². The van der Waals surface area contributed by atoms with Crippen LogP contribution in [0.2, 0.25) is 0 Å². The second-order valence-corrected chi connectivity index (χ2v) is 5.36. The van der Waals surface area contributed by atoms with Gasteiger partial charge in [-0.15, -0.1) is 0 Å². The zero-order chi connectivity index (χ0) is 14.9. The summed E-state index contributed by atoms with van der Waals surface area (Å²) in [6, 6.07) is 4.05. The lowest BCUT2D eigenvalue weighted by Crippen LogP contribution is -2.30. The van der Waals surface area contributed by atoms with E-state index in [0.29, 0.717) is 18.0 Å². The van der Waals surface area contributed by atoms with Crippen molar-refractivity contribution in [1.82, 2.24) is 4.90 Å². The minimum Gasteiger partial charge on any atom is -0.478 e. The first-order valence-corrected chi connectivity index (χ1v) is 6.65. The van der Waals surface area contributed by atoms with Crippen LogP contribution in [0.4, 0.5) is 0 Å². The van der Waals surface area contributed by atoms with Gasteiger partial charge in [-0.3, -0.25) is 14.5 Å². The Hall–Kier alpha value is -2.17. The molecule has 1 heterocycles. The van der Waals surface area contributed by atoms with Crippen LogP contribution < -0.4 is 0 Å². The molecule has 5 nitrogen and oxygen atoms in total. The van der Waals surface area contributed by atoms with Gasteiger partial charge < -0.3 is 5.11 Å². The van der Waals surface area contributed by atoms with Gasteiger partial charge in [0.25, 0.3) is 11.8 Å². The van der Waals surface area contributed by atoms with Gasteiger partial charge >= 0.3 is 5.97 Å². The van der Waals surface area contributed by atoms with Gasteiger partial charge in [-0.2, -0.15) is 0 Å². The van der Waals surface area contributed by atoms with Crippen molar-refractivity contribution >= 4 is 17.8 Å². The highest BCUT2D eigenvalue weighted by atomic mass is 16.4. The molecule has 0 atom stereocenters. The number of carbonyl (C=O) groups is 3. The molecule has 1 N–H and O–H groups in total. The Kier molecular flexibility index (Phi) is 3.88. The summed E-state index contributed by atoms with van der Waals surface area (Å²) < 4.78 is 0. The van der Waals surface area contributed by atoms with Crippen molar-refractivity contribution < 1.29 is 19.5 Å². The number of imide groups is 1. The number of aromatic carboxylic acids is 1. The first-order chi connectivity index (χ1) is 9.41. The fourth-order valence-electron chi connectivity index (χ4n) is 2.28. The van der Waals surface area contributed by atoms with Crippen molar-refractivity contribution in [3.63, 3.8) is 0 Å². The largest absolute Gasteiger partial charge is 0.478 e. The van der Waals surface area contributed by atoms with Crippen molar-refractivity contribution in [3.8, 4) is 0 Å². The second-order valence-electron chi connectivity index (χ2n) is 5.36. The average Bonchev–Trinajstić information content (AvgIpc) is 2.63. The topological polar surface area (TPSA) is 74.7 Å². The highest BCUT2D eigenvalue weighted by Gasteiger charge is 2.35. The monoisotopic (exact) mass is 275 g/mol. The van der Waals surface area contributed by atoms with Gasteiger partial charge in [-0.1, -0.05) is 13.8 Å². The Labute approximate surface area is 117 Å². The van der Waals surface area contributed by atoms with Crippen LogP contribution in [0.15, 0.2) is 18.2 Å². The molecule has 1 aliphatic heterocycles. The zero-order valence-electron chi connectivity index (χ0n) is 11.5. The molecule has 2 amide bonds. The number of fused-ring (bicyclic) bond motifs is 1. The molecule has 1 aromatic carbocycles. The first-order valence-electron chi connectivity index (χ1n) is 6.65. The van der Waals surface area contributed by atoms with Crippen LogP contribution in [0, 0.1) is 5.92 Å². The van der Waals surface area contributed by atoms with Crippen molar-refractivity contribution in [2.75, 3.05) is 6.54 Å². The molecular formula is C15H17NO4. The van der Waals surface area contributed by atoms with Crippen LogP contribution in [-0.2, 0) is 0 Å². The Bertz CT molecular complexity index is 577. The van der Waals surface area contributed by atoms with Gasteiger partial charge in [-0.05, 0) is 37.0 Å². The summed E-state index contributed by atoms with van der Waals surface area (Å²) in [6.07, 6.45) is 1.70. The molecule has 0 aromatic heterocycles. The SMILES string of the molecule is CC(C)CCCN1C(=O)c2ccc(C(=O)O)cc2C1=O. The van der Waals surface area contributed by atoms with Crippen LogP contribution in [0.25, 0.3) is 0 Å². The summed E-state index contributed by atoms with van der Waals surface area (Å²) in [5, 5.41) is 8.93. The molecule has 0 fully saturated rings. The third kappa shape index (κ3) is 2.57. The Morgan fingerprint density at radius 3 is 2.45 bits per heavy atom. The normalized spacial score (nSPS) is 14.1. The van der Waals surface area contributed by atoms with Gasteiger partial charge in [-0.25, -0.2) is 4.79 Å². The van der Waals surface area contributed by atoms with E-state index in [-0.39, 0.29) is 17.0 Å². The third-order valence-electron chi connectivity index (χ3n) is 3.38. The van der Waals surface area contributed by atoms with Crippen LogP contribution in [0.5, 0.6) is 0 Å². The lowest BCUT2D eigenvalue weighted by Gasteiger charge is -2.14. The molecule has 106 valence electrons. The molecule has 0 radical (unpaired) electrons. The number of amides is 2. The summed E-state index contributed by atoms with van der Waals surface area (Å²) in [6.45, 7) is 4.55. The molecule has 0 saturated carbocycles. The number of rotatable bonds is 5. The molecule has 0 unspecified atom stereocenters. The van der Waals surface area contributed by atoms with E-state index in [1.807, 2.05) is 0 Å². The van der Waals surface area contributed by atoms with E-state index in [0.717, 1.165) is 12.8 Å². The van der Waals surface area contributed by atoms with Crippen molar-refractivity contribution in [3.05, 3.63) is 34.9 Å². The van der Waals surface area contributed by atoms with Crippen LogP contribution in [0.3, 0.4) is 0 Å². The lowest BCUT2D eigenvalue weighted by atomic mass is 10.1. The Balaban J connectivity index is 2.19. The standard InChI is InChI=1S/C15H17NO4/c1-9(2)4-3-7-16-13(17)11-6-5-10(15(19)20)8-12(11)14(16)18/h5-6,8-9H,3-4,7H2,1-2H3,(H,19,20). The maximum Gasteiger partial charge on any atom is 0.335 e. The number of carboxylic acid groups (broad SMARTS) is 1. The molecule has 2 rings (SSSR count). The van der Waals surface area contributed by atoms with Gasteiger partial charge in [0.15, 0.2) is 0 Å². The highest BCUT2D eigenvalue weighted by molar-refractivity contribution is 6.21. The predicted molar refractivity (Wildman–Crippen MR) is 72.8 cm³/mol. The summed E-state index contributed by atoms with van der Waals surface area (Å²) in [5.41, 5.74) is 0.512. The smallest absolute Gasteiger partial charge is 0.335 e. The third-order valence-corrected chi connectivity index (χ3v) is 3.38. The average molecular weight is 275 g/mol. The first kappa shape index (κ1) is 14.2.